The quantitative estimate of drug-likeness (QED) is 0.326. The third-order valence-corrected chi connectivity index (χ3v) is 6.06. The third-order valence-electron chi connectivity index (χ3n) is 6.06. The van der Waals surface area contributed by atoms with Crippen molar-refractivity contribution in [3.63, 3.8) is 0 Å². The molecule has 0 heteroatoms. The van der Waals surface area contributed by atoms with Crippen LogP contribution in [0.1, 0.15) is 106 Å². The summed E-state index contributed by atoms with van der Waals surface area (Å²) in [5.41, 5.74) is 0. The highest BCUT2D eigenvalue weighted by atomic mass is 14.4. The van der Waals surface area contributed by atoms with Gasteiger partial charge in [-0.25, -0.2) is 0 Å². The summed E-state index contributed by atoms with van der Waals surface area (Å²) >= 11 is 0. The van der Waals surface area contributed by atoms with E-state index in [1.54, 1.807) is 0 Å². The molecule has 0 amide bonds. The van der Waals surface area contributed by atoms with Crippen LogP contribution in [0, 0.1) is 29.6 Å². The fourth-order valence-electron chi connectivity index (χ4n) is 4.31. The largest absolute Gasteiger partial charge is 0.0654 e. The van der Waals surface area contributed by atoms with Crippen molar-refractivity contribution in [2.45, 2.75) is 106 Å². The monoisotopic (exact) mass is 296 g/mol. The molecule has 0 aliphatic carbocycles. The topological polar surface area (TPSA) is 0 Å². The van der Waals surface area contributed by atoms with E-state index in [1.807, 2.05) is 0 Å². The van der Waals surface area contributed by atoms with E-state index in [0.717, 1.165) is 29.6 Å². The van der Waals surface area contributed by atoms with Gasteiger partial charge in [-0.2, -0.15) is 0 Å². The van der Waals surface area contributed by atoms with E-state index in [4.69, 9.17) is 0 Å². The Kier molecular flexibility index (Phi) is 12.5. The second-order valence-corrected chi connectivity index (χ2v) is 7.60. The van der Waals surface area contributed by atoms with Crippen LogP contribution in [-0.4, -0.2) is 0 Å². The van der Waals surface area contributed by atoms with Crippen LogP contribution in [0.5, 0.6) is 0 Å². The van der Waals surface area contributed by atoms with Crippen molar-refractivity contribution in [2.24, 2.45) is 29.6 Å². The van der Waals surface area contributed by atoms with Crippen LogP contribution in [0.3, 0.4) is 0 Å². The fraction of sp³-hybridized carbons (Fsp3) is 1.00. The second kappa shape index (κ2) is 12.5. The Bertz CT molecular complexity index is 212. The van der Waals surface area contributed by atoms with Crippen molar-refractivity contribution in [2.75, 3.05) is 0 Å². The van der Waals surface area contributed by atoms with Crippen molar-refractivity contribution in [1.29, 1.82) is 0 Å². The van der Waals surface area contributed by atoms with Crippen molar-refractivity contribution < 1.29 is 0 Å². The molecule has 0 spiro atoms. The standard InChI is InChI=1S/C21H44/c1-8-12-15-20(16-13-9-2)19(7)21(11-4)18(6)17(5)14-10-3/h17-21H,8-16H2,1-7H3. The number of unbranched alkanes of at least 4 members (excludes halogenated alkanes) is 2. The maximum Gasteiger partial charge on any atom is -0.0360 e. The maximum absolute atomic E-state index is 2.57. The normalized spacial score (nSPS) is 17.7. The van der Waals surface area contributed by atoms with Gasteiger partial charge in [-0.3, -0.25) is 0 Å². The van der Waals surface area contributed by atoms with Gasteiger partial charge in [-0.1, -0.05) is 106 Å². The summed E-state index contributed by atoms with van der Waals surface area (Å²) in [6.45, 7) is 17.0. The summed E-state index contributed by atoms with van der Waals surface area (Å²) < 4.78 is 0. The van der Waals surface area contributed by atoms with Crippen LogP contribution >= 0.6 is 0 Å². The minimum atomic E-state index is 0.885. The minimum Gasteiger partial charge on any atom is -0.0654 e. The van der Waals surface area contributed by atoms with Crippen LogP contribution in [0.4, 0.5) is 0 Å². The molecule has 0 rings (SSSR count). The summed E-state index contributed by atoms with van der Waals surface area (Å²) in [6.07, 6.45) is 12.6. The Morgan fingerprint density at radius 1 is 0.619 bits per heavy atom. The first-order valence-corrected chi connectivity index (χ1v) is 10.0. The summed E-state index contributed by atoms with van der Waals surface area (Å²) in [5.74, 6) is 4.56. The molecule has 0 fully saturated rings. The summed E-state index contributed by atoms with van der Waals surface area (Å²) in [5, 5.41) is 0. The molecule has 0 radical (unpaired) electrons. The zero-order chi connectivity index (χ0) is 16.3. The molecule has 4 unspecified atom stereocenters. The van der Waals surface area contributed by atoms with Gasteiger partial charge in [0.2, 0.25) is 0 Å². The number of rotatable bonds is 13. The third kappa shape index (κ3) is 7.71. The molecule has 0 nitrogen and oxygen atoms in total. The number of hydrogen-bond acceptors (Lipinski definition) is 0. The Labute approximate surface area is 136 Å². The van der Waals surface area contributed by atoms with E-state index in [9.17, 15) is 0 Å². The zero-order valence-corrected chi connectivity index (χ0v) is 16.3. The molecule has 21 heavy (non-hydrogen) atoms. The van der Waals surface area contributed by atoms with Crippen molar-refractivity contribution in [3.8, 4) is 0 Å². The average Bonchev–Trinajstić information content (AvgIpc) is 2.48. The lowest BCUT2D eigenvalue weighted by Gasteiger charge is -2.37. The van der Waals surface area contributed by atoms with Gasteiger partial charge in [-0.05, 0) is 29.6 Å². The molecule has 0 saturated carbocycles. The summed E-state index contributed by atoms with van der Waals surface area (Å²) in [7, 11) is 0. The first-order chi connectivity index (χ1) is 10.0. The van der Waals surface area contributed by atoms with Gasteiger partial charge in [0.25, 0.3) is 0 Å². The molecule has 0 aromatic carbocycles. The number of hydrogen-bond donors (Lipinski definition) is 0. The van der Waals surface area contributed by atoms with Gasteiger partial charge in [0.05, 0.1) is 0 Å². The van der Waals surface area contributed by atoms with Crippen molar-refractivity contribution >= 4 is 0 Å². The van der Waals surface area contributed by atoms with E-state index < -0.39 is 0 Å². The molecule has 0 aromatic rings. The first kappa shape index (κ1) is 21.0. The fourth-order valence-corrected chi connectivity index (χ4v) is 4.31. The van der Waals surface area contributed by atoms with Crippen LogP contribution < -0.4 is 0 Å². The van der Waals surface area contributed by atoms with Crippen LogP contribution in [-0.2, 0) is 0 Å². The highest BCUT2D eigenvalue weighted by Crippen LogP contribution is 2.38. The van der Waals surface area contributed by atoms with Gasteiger partial charge < -0.3 is 0 Å². The molecule has 0 bridgehead atoms. The van der Waals surface area contributed by atoms with E-state index in [-0.39, 0.29) is 0 Å². The lowest BCUT2D eigenvalue weighted by atomic mass is 9.68. The van der Waals surface area contributed by atoms with Crippen LogP contribution in [0.15, 0.2) is 0 Å². The molecule has 0 saturated heterocycles. The molecule has 128 valence electrons. The first-order valence-electron chi connectivity index (χ1n) is 10.0. The predicted octanol–water partition coefficient (Wildman–Crippen LogP) is 7.72. The molecule has 0 N–H and O–H groups in total. The molecular weight excluding hydrogens is 252 g/mol. The molecule has 0 heterocycles. The summed E-state index contributed by atoms with van der Waals surface area (Å²) in [4.78, 5) is 0. The smallest absolute Gasteiger partial charge is 0.0360 e. The highest BCUT2D eigenvalue weighted by molar-refractivity contribution is 4.79. The Hall–Kier alpha value is 0. The zero-order valence-electron chi connectivity index (χ0n) is 16.3. The SMILES string of the molecule is CCCCC(CCCC)C(C)C(CC)C(C)C(C)CCC. The van der Waals surface area contributed by atoms with Gasteiger partial charge >= 0.3 is 0 Å². The Balaban J connectivity index is 4.75. The lowest BCUT2D eigenvalue weighted by molar-refractivity contribution is 0.124. The van der Waals surface area contributed by atoms with E-state index in [0.29, 0.717) is 0 Å². The van der Waals surface area contributed by atoms with Gasteiger partial charge in [0, 0.05) is 0 Å². The predicted molar refractivity (Wildman–Crippen MR) is 98.7 cm³/mol. The van der Waals surface area contributed by atoms with E-state index in [1.165, 1.54) is 57.8 Å². The van der Waals surface area contributed by atoms with E-state index in [2.05, 4.69) is 48.5 Å². The van der Waals surface area contributed by atoms with Gasteiger partial charge in [0.15, 0.2) is 0 Å². The molecule has 0 aromatic heterocycles. The van der Waals surface area contributed by atoms with Crippen LogP contribution in [0.25, 0.3) is 0 Å². The Morgan fingerprint density at radius 3 is 1.52 bits per heavy atom. The van der Waals surface area contributed by atoms with Crippen molar-refractivity contribution in [3.05, 3.63) is 0 Å². The van der Waals surface area contributed by atoms with Crippen molar-refractivity contribution in [1.82, 2.24) is 0 Å². The van der Waals surface area contributed by atoms with Gasteiger partial charge in [0.1, 0.15) is 0 Å². The van der Waals surface area contributed by atoms with E-state index >= 15 is 0 Å². The van der Waals surface area contributed by atoms with Crippen LogP contribution in [0.2, 0.25) is 0 Å². The van der Waals surface area contributed by atoms with Gasteiger partial charge in [-0.15, -0.1) is 0 Å². The highest BCUT2D eigenvalue weighted by Gasteiger charge is 2.30. The minimum absolute atomic E-state index is 0.885. The molecule has 0 aliphatic rings. The molecular formula is C21H44. The second-order valence-electron chi connectivity index (χ2n) is 7.60. The molecule has 4 atom stereocenters. The molecule has 0 aliphatic heterocycles. The average molecular weight is 297 g/mol. The summed E-state index contributed by atoms with van der Waals surface area (Å²) in [6, 6.07) is 0. The maximum atomic E-state index is 2.57. The Morgan fingerprint density at radius 2 is 1.14 bits per heavy atom. The lowest BCUT2D eigenvalue weighted by Crippen LogP contribution is -2.29.